The molecule has 130 valence electrons. The van der Waals surface area contributed by atoms with Gasteiger partial charge in [-0.3, -0.25) is 10.1 Å². The number of urea groups is 1. The number of unbranched alkanes of at least 4 members (excludes halogenated alkanes) is 1. The molecule has 0 spiro atoms. The van der Waals surface area contributed by atoms with E-state index in [0.29, 0.717) is 11.3 Å². The van der Waals surface area contributed by atoms with Gasteiger partial charge >= 0.3 is 12.0 Å². The van der Waals surface area contributed by atoms with Gasteiger partial charge in [0.1, 0.15) is 0 Å². The molecule has 0 saturated carbocycles. The first-order valence-electron chi connectivity index (χ1n) is 7.77. The summed E-state index contributed by atoms with van der Waals surface area (Å²) in [5.74, 6) is -1.34. The number of hydrogen-bond donors (Lipinski definition) is 3. The van der Waals surface area contributed by atoms with Gasteiger partial charge in [-0.05, 0) is 18.6 Å². The fourth-order valence-corrected chi connectivity index (χ4v) is 1.80. The lowest BCUT2D eigenvalue weighted by atomic mass is 10.1. The predicted octanol–water partition coefficient (Wildman–Crippen LogP) is 2.07. The van der Waals surface area contributed by atoms with Crippen LogP contribution in [0, 0.1) is 0 Å². The minimum absolute atomic E-state index is 0.232. The highest BCUT2D eigenvalue weighted by Crippen LogP contribution is 2.16. The van der Waals surface area contributed by atoms with Crippen molar-refractivity contribution in [2.24, 2.45) is 0 Å². The fraction of sp³-hybridized carbons (Fsp3) is 0.353. The van der Waals surface area contributed by atoms with Crippen LogP contribution in [0.4, 0.5) is 10.5 Å². The third-order valence-corrected chi connectivity index (χ3v) is 2.99. The zero-order valence-corrected chi connectivity index (χ0v) is 13.8. The molecule has 0 aliphatic carbocycles. The molecule has 1 aromatic rings. The minimum Gasteiger partial charge on any atom is -0.452 e. The zero-order valence-electron chi connectivity index (χ0n) is 13.8. The van der Waals surface area contributed by atoms with E-state index in [1.54, 1.807) is 18.2 Å². The molecule has 0 aliphatic heterocycles. The Hall–Kier alpha value is -2.83. The summed E-state index contributed by atoms with van der Waals surface area (Å²) in [7, 11) is 0. The number of ether oxygens (including phenoxy) is 1. The van der Waals surface area contributed by atoms with Crippen LogP contribution in [-0.4, -0.2) is 37.6 Å². The van der Waals surface area contributed by atoms with Crippen LogP contribution in [-0.2, 0) is 9.53 Å². The molecule has 0 bridgehead atoms. The number of carbonyl (C=O) groups is 3. The average molecular weight is 333 g/mol. The summed E-state index contributed by atoms with van der Waals surface area (Å²) in [4.78, 5) is 34.9. The van der Waals surface area contributed by atoms with Crippen molar-refractivity contribution in [2.45, 2.75) is 19.8 Å². The van der Waals surface area contributed by atoms with Crippen molar-refractivity contribution >= 4 is 23.6 Å². The Labute approximate surface area is 141 Å². The highest BCUT2D eigenvalue weighted by atomic mass is 16.5. The molecule has 24 heavy (non-hydrogen) atoms. The van der Waals surface area contributed by atoms with Crippen LogP contribution in [0.2, 0.25) is 0 Å². The summed E-state index contributed by atoms with van der Waals surface area (Å²) in [6.45, 7) is 5.95. The molecule has 3 N–H and O–H groups in total. The van der Waals surface area contributed by atoms with Crippen LogP contribution in [0.5, 0.6) is 0 Å². The van der Waals surface area contributed by atoms with Crippen LogP contribution < -0.4 is 16.0 Å². The first-order chi connectivity index (χ1) is 11.6. The summed E-state index contributed by atoms with van der Waals surface area (Å²) >= 11 is 0. The van der Waals surface area contributed by atoms with Crippen molar-refractivity contribution < 1.29 is 19.1 Å². The number of anilines is 1. The SMILES string of the molecule is C=CCNC(=O)NC(=O)COC(=O)c1ccccc1NCCCC. The highest BCUT2D eigenvalue weighted by molar-refractivity contribution is 5.99. The van der Waals surface area contributed by atoms with Crippen LogP contribution in [0.25, 0.3) is 0 Å². The molecular formula is C17H23N3O4. The maximum Gasteiger partial charge on any atom is 0.340 e. The smallest absolute Gasteiger partial charge is 0.340 e. The molecule has 7 nitrogen and oxygen atoms in total. The summed E-state index contributed by atoms with van der Waals surface area (Å²) in [6, 6.07) is 6.24. The minimum atomic E-state index is -0.707. The van der Waals surface area contributed by atoms with Gasteiger partial charge in [0.25, 0.3) is 5.91 Å². The summed E-state index contributed by atoms with van der Waals surface area (Å²) in [5, 5.41) is 7.59. The number of hydrogen-bond acceptors (Lipinski definition) is 5. The van der Waals surface area contributed by atoms with Crippen LogP contribution in [0.3, 0.4) is 0 Å². The Morgan fingerprint density at radius 1 is 1.25 bits per heavy atom. The van der Waals surface area contributed by atoms with Crippen LogP contribution in [0.1, 0.15) is 30.1 Å². The van der Waals surface area contributed by atoms with E-state index in [9.17, 15) is 14.4 Å². The lowest BCUT2D eigenvalue weighted by molar-refractivity contribution is -0.123. The number of esters is 1. The van der Waals surface area contributed by atoms with Crippen LogP contribution in [0.15, 0.2) is 36.9 Å². The molecule has 1 rings (SSSR count). The van der Waals surface area contributed by atoms with E-state index >= 15 is 0 Å². The molecule has 0 fully saturated rings. The van der Waals surface area contributed by atoms with Gasteiger partial charge in [0, 0.05) is 18.8 Å². The predicted molar refractivity (Wildman–Crippen MR) is 91.9 cm³/mol. The molecular weight excluding hydrogens is 310 g/mol. The van der Waals surface area contributed by atoms with E-state index in [0.717, 1.165) is 19.4 Å². The van der Waals surface area contributed by atoms with E-state index in [4.69, 9.17) is 4.74 Å². The molecule has 0 radical (unpaired) electrons. The van der Waals surface area contributed by atoms with Gasteiger partial charge in [-0.15, -0.1) is 6.58 Å². The molecule has 0 unspecified atom stereocenters. The van der Waals surface area contributed by atoms with Gasteiger partial charge in [-0.2, -0.15) is 0 Å². The van der Waals surface area contributed by atoms with Crippen molar-refractivity contribution in [3.8, 4) is 0 Å². The van der Waals surface area contributed by atoms with Crippen molar-refractivity contribution in [3.63, 3.8) is 0 Å². The zero-order chi connectivity index (χ0) is 17.8. The van der Waals surface area contributed by atoms with E-state index in [1.165, 1.54) is 6.08 Å². The number of para-hydroxylation sites is 1. The molecule has 0 atom stereocenters. The van der Waals surface area contributed by atoms with Crippen molar-refractivity contribution in [3.05, 3.63) is 42.5 Å². The third-order valence-electron chi connectivity index (χ3n) is 2.99. The monoisotopic (exact) mass is 333 g/mol. The molecule has 0 saturated heterocycles. The van der Waals surface area contributed by atoms with Crippen molar-refractivity contribution in [1.82, 2.24) is 10.6 Å². The van der Waals surface area contributed by atoms with Gasteiger partial charge in [0.15, 0.2) is 6.61 Å². The van der Waals surface area contributed by atoms with E-state index < -0.39 is 24.5 Å². The standard InChI is InChI=1S/C17H23N3O4/c1-3-5-11-18-14-9-7-6-8-13(14)16(22)24-12-15(21)20-17(23)19-10-4-2/h4,6-9,18H,2-3,5,10-12H2,1H3,(H2,19,20,21,23). The Kier molecular flexibility index (Phi) is 8.67. The molecule has 0 aliphatic rings. The van der Waals surface area contributed by atoms with Gasteiger partial charge in [0.05, 0.1) is 5.56 Å². The normalized spacial score (nSPS) is 9.71. The largest absolute Gasteiger partial charge is 0.452 e. The molecule has 1 aromatic carbocycles. The highest BCUT2D eigenvalue weighted by Gasteiger charge is 2.15. The molecule has 7 heteroatoms. The second-order valence-corrected chi connectivity index (χ2v) is 4.95. The second kappa shape index (κ2) is 10.8. The lowest BCUT2D eigenvalue weighted by Crippen LogP contribution is -2.41. The Morgan fingerprint density at radius 3 is 2.71 bits per heavy atom. The maximum absolute atomic E-state index is 12.1. The average Bonchev–Trinajstić information content (AvgIpc) is 2.58. The summed E-state index contributed by atoms with van der Waals surface area (Å²) in [6.07, 6.45) is 3.49. The van der Waals surface area contributed by atoms with Gasteiger partial charge in [0.2, 0.25) is 0 Å². The first-order valence-corrected chi connectivity index (χ1v) is 7.77. The second-order valence-electron chi connectivity index (χ2n) is 4.95. The Balaban J connectivity index is 2.51. The Bertz CT molecular complexity index is 587. The van der Waals surface area contributed by atoms with Gasteiger partial charge in [-0.1, -0.05) is 31.6 Å². The fourth-order valence-electron chi connectivity index (χ4n) is 1.80. The third kappa shape index (κ3) is 6.95. The van der Waals surface area contributed by atoms with Crippen molar-refractivity contribution in [2.75, 3.05) is 25.0 Å². The summed E-state index contributed by atoms with van der Waals surface area (Å²) in [5.41, 5.74) is 0.998. The molecule has 0 aromatic heterocycles. The molecule has 3 amide bonds. The van der Waals surface area contributed by atoms with E-state index in [-0.39, 0.29) is 6.54 Å². The number of carbonyl (C=O) groups excluding carboxylic acids is 3. The topological polar surface area (TPSA) is 96.5 Å². The number of nitrogens with one attached hydrogen (secondary N) is 3. The summed E-state index contributed by atoms with van der Waals surface area (Å²) < 4.78 is 4.95. The maximum atomic E-state index is 12.1. The quantitative estimate of drug-likeness (QED) is 0.365. The van der Waals surface area contributed by atoms with E-state index in [2.05, 4.69) is 24.1 Å². The first kappa shape index (κ1) is 19.2. The number of rotatable bonds is 9. The van der Waals surface area contributed by atoms with Crippen molar-refractivity contribution in [1.29, 1.82) is 0 Å². The van der Waals surface area contributed by atoms with E-state index in [1.807, 2.05) is 11.4 Å². The number of imide groups is 1. The number of benzene rings is 1. The lowest BCUT2D eigenvalue weighted by Gasteiger charge is -2.11. The number of amides is 3. The molecule has 0 heterocycles. The Morgan fingerprint density at radius 2 is 2.00 bits per heavy atom. The van der Waals surface area contributed by atoms with Crippen LogP contribution >= 0.6 is 0 Å². The van der Waals surface area contributed by atoms with Gasteiger partial charge in [-0.25, -0.2) is 9.59 Å². The van der Waals surface area contributed by atoms with Gasteiger partial charge < -0.3 is 15.4 Å².